The van der Waals surface area contributed by atoms with Gasteiger partial charge in [-0.15, -0.1) is 22.7 Å². The van der Waals surface area contributed by atoms with Gasteiger partial charge in [-0.3, -0.25) is 14.9 Å². The van der Waals surface area contributed by atoms with Gasteiger partial charge in [-0.1, -0.05) is 0 Å². The van der Waals surface area contributed by atoms with Crippen molar-refractivity contribution in [3.63, 3.8) is 0 Å². The maximum absolute atomic E-state index is 12.8. The third-order valence-electron chi connectivity index (χ3n) is 4.59. The van der Waals surface area contributed by atoms with E-state index in [0.717, 1.165) is 22.4 Å². The molecule has 0 atom stereocenters. The van der Waals surface area contributed by atoms with Crippen LogP contribution >= 0.6 is 22.7 Å². The van der Waals surface area contributed by atoms with Crippen LogP contribution in [0, 0.1) is 0 Å². The van der Waals surface area contributed by atoms with Crippen LogP contribution in [0.2, 0.25) is 0 Å². The van der Waals surface area contributed by atoms with Gasteiger partial charge in [0.1, 0.15) is 15.5 Å². The van der Waals surface area contributed by atoms with Crippen LogP contribution in [0.25, 0.3) is 21.5 Å². The second-order valence-corrected chi connectivity index (χ2v) is 8.56. The first kappa shape index (κ1) is 21.7. The number of benzene rings is 1. The largest absolute Gasteiger partial charge is 0.497 e. The number of anilines is 2. The number of nitrogens with zero attached hydrogens (tertiary/aromatic N) is 2. The molecule has 0 spiro atoms. The van der Waals surface area contributed by atoms with Gasteiger partial charge in [0.25, 0.3) is 5.91 Å². The number of rotatable bonds is 7. The maximum atomic E-state index is 12.8. The van der Waals surface area contributed by atoms with E-state index in [9.17, 15) is 9.59 Å². The van der Waals surface area contributed by atoms with Crippen LogP contribution in [0.3, 0.4) is 0 Å². The Morgan fingerprint density at radius 2 is 1.91 bits per heavy atom. The van der Waals surface area contributed by atoms with Crippen molar-refractivity contribution in [3.8, 4) is 17.0 Å². The third-order valence-corrected chi connectivity index (χ3v) is 6.51. The lowest BCUT2D eigenvalue weighted by molar-refractivity contribution is -0.142. The predicted octanol–water partition coefficient (Wildman–Crippen LogP) is 4.37. The van der Waals surface area contributed by atoms with Gasteiger partial charge in [0.05, 0.1) is 37.2 Å². The zero-order valence-electron chi connectivity index (χ0n) is 17.4. The topological polar surface area (TPSA) is 116 Å². The van der Waals surface area contributed by atoms with Gasteiger partial charge in [0.15, 0.2) is 5.13 Å². The van der Waals surface area contributed by atoms with Crippen LogP contribution < -0.4 is 15.8 Å². The van der Waals surface area contributed by atoms with Gasteiger partial charge in [-0.25, -0.2) is 9.97 Å². The van der Waals surface area contributed by atoms with E-state index in [-0.39, 0.29) is 18.3 Å². The summed E-state index contributed by atoms with van der Waals surface area (Å²) >= 11 is 2.46. The molecule has 0 aliphatic carbocycles. The van der Waals surface area contributed by atoms with E-state index in [0.29, 0.717) is 32.8 Å². The minimum Gasteiger partial charge on any atom is -0.497 e. The Morgan fingerprint density at radius 3 is 2.62 bits per heavy atom. The molecule has 10 heteroatoms. The Morgan fingerprint density at radius 1 is 1.12 bits per heavy atom. The monoisotopic (exact) mass is 468 g/mol. The molecule has 0 aliphatic rings. The van der Waals surface area contributed by atoms with Gasteiger partial charge in [-0.05, 0) is 43.3 Å². The van der Waals surface area contributed by atoms with E-state index in [1.165, 1.54) is 22.7 Å². The van der Waals surface area contributed by atoms with Crippen molar-refractivity contribution in [1.82, 2.24) is 9.97 Å². The molecule has 0 fully saturated rings. The number of fused-ring (bicyclic) bond motifs is 1. The van der Waals surface area contributed by atoms with Gasteiger partial charge in [0.2, 0.25) is 0 Å². The van der Waals surface area contributed by atoms with E-state index >= 15 is 0 Å². The van der Waals surface area contributed by atoms with Gasteiger partial charge in [0, 0.05) is 16.3 Å². The highest BCUT2D eigenvalue weighted by Crippen LogP contribution is 2.35. The lowest BCUT2D eigenvalue weighted by Crippen LogP contribution is -2.12. The third kappa shape index (κ3) is 4.56. The molecule has 0 saturated carbocycles. The standard InChI is InChI=1S/C22H20N4O4S2/c1-3-30-17(27)10-13-11-31-22(24-13)26-20(28)19-18(23)15-8-9-16(25-21(15)32-19)12-4-6-14(29-2)7-5-12/h4-9,11H,3,10,23H2,1-2H3,(H,24,26,28). The van der Waals surface area contributed by atoms with Crippen LogP contribution in [0.4, 0.5) is 10.8 Å². The lowest BCUT2D eigenvalue weighted by Gasteiger charge is -2.03. The SMILES string of the molecule is CCOC(=O)Cc1csc(NC(=O)c2sc3nc(-c4ccc(OC)cc4)ccc3c2N)n1. The number of aromatic nitrogens is 2. The van der Waals surface area contributed by atoms with Crippen LogP contribution in [0.1, 0.15) is 22.3 Å². The fourth-order valence-corrected chi connectivity index (χ4v) is 4.74. The number of ether oxygens (including phenoxy) is 2. The molecule has 0 unspecified atom stereocenters. The normalized spacial score (nSPS) is 10.8. The van der Waals surface area contributed by atoms with Crippen molar-refractivity contribution in [2.24, 2.45) is 0 Å². The summed E-state index contributed by atoms with van der Waals surface area (Å²) in [6.07, 6.45) is 0.0588. The van der Waals surface area contributed by atoms with E-state index in [2.05, 4.69) is 15.3 Å². The molecule has 32 heavy (non-hydrogen) atoms. The number of nitrogen functional groups attached to an aromatic ring is 1. The van der Waals surface area contributed by atoms with Crippen molar-refractivity contribution >= 4 is 55.6 Å². The first-order valence-electron chi connectivity index (χ1n) is 9.73. The molecule has 0 saturated heterocycles. The number of nitrogens with two attached hydrogens (primary N) is 1. The Kier molecular flexibility index (Phi) is 6.33. The smallest absolute Gasteiger partial charge is 0.311 e. The molecule has 0 bridgehead atoms. The van der Waals surface area contributed by atoms with Gasteiger partial charge < -0.3 is 15.2 Å². The molecular formula is C22H20N4O4S2. The highest BCUT2D eigenvalue weighted by Gasteiger charge is 2.19. The molecule has 0 aliphatic heterocycles. The molecule has 1 aromatic carbocycles. The molecule has 8 nitrogen and oxygen atoms in total. The van der Waals surface area contributed by atoms with E-state index in [4.69, 9.17) is 15.2 Å². The van der Waals surface area contributed by atoms with Crippen molar-refractivity contribution in [1.29, 1.82) is 0 Å². The van der Waals surface area contributed by atoms with Crippen molar-refractivity contribution in [2.45, 2.75) is 13.3 Å². The first-order chi connectivity index (χ1) is 15.5. The highest BCUT2D eigenvalue weighted by atomic mass is 32.1. The number of thiophene rings is 1. The zero-order chi connectivity index (χ0) is 22.7. The number of pyridine rings is 1. The molecule has 4 aromatic rings. The minimum atomic E-state index is -0.367. The molecule has 1 amide bonds. The summed E-state index contributed by atoms with van der Waals surface area (Å²) in [5.41, 5.74) is 8.86. The number of amides is 1. The van der Waals surface area contributed by atoms with Crippen LogP contribution in [0.5, 0.6) is 5.75 Å². The predicted molar refractivity (Wildman–Crippen MR) is 126 cm³/mol. The Hall–Kier alpha value is -3.50. The lowest BCUT2D eigenvalue weighted by atomic mass is 10.1. The van der Waals surface area contributed by atoms with Gasteiger partial charge in [-0.2, -0.15) is 0 Å². The zero-order valence-corrected chi connectivity index (χ0v) is 19.0. The molecular weight excluding hydrogens is 448 g/mol. The number of hydrogen-bond donors (Lipinski definition) is 2. The average molecular weight is 469 g/mol. The van der Waals surface area contributed by atoms with Crippen molar-refractivity contribution < 1.29 is 19.1 Å². The quantitative estimate of drug-likeness (QED) is 0.387. The van der Waals surface area contributed by atoms with E-state index in [1.54, 1.807) is 19.4 Å². The summed E-state index contributed by atoms with van der Waals surface area (Å²) in [5, 5.41) is 5.57. The number of esters is 1. The number of carbonyl (C=O) groups excluding carboxylic acids is 2. The number of carbonyl (C=O) groups is 2. The number of methoxy groups -OCH3 is 1. The summed E-state index contributed by atoms with van der Waals surface area (Å²) in [5.74, 6) is 0.0402. The van der Waals surface area contributed by atoms with E-state index < -0.39 is 0 Å². The molecule has 0 radical (unpaired) electrons. The first-order valence-corrected chi connectivity index (χ1v) is 11.4. The average Bonchev–Trinajstić information content (AvgIpc) is 3.37. The van der Waals surface area contributed by atoms with Crippen LogP contribution in [0.15, 0.2) is 41.8 Å². The highest BCUT2D eigenvalue weighted by molar-refractivity contribution is 7.21. The molecule has 3 aromatic heterocycles. The summed E-state index contributed by atoms with van der Waals surface area (Å²) in [6.45, 7) is 2.06. The molecule has 3 heterocycles. The Labute approximate surface area is 192 Å². The van der Waals surface area contributed by atoms with E-state index in [1.807, 2.05) is 36.4 Å². The summed E-state index contributed by atoms with van der Waals surface area (Å²) in [4.78, 5) is 34.4. The minimum absolute atomic E-state index is 0.0588. The van der Waals surface area contributed by atoms with Crippen molar-refractivity contribution in [2.75, 3.05) is 24.8 Å². The van der Waals surface area contributed by atoms with Crippen LogP contribution in [-0.4, -0.2) is 35.6 Å². The number of thiazole rings is 1. The molecule has 164 valence electrons. The second-order valence-electron chi connectivity index (χ2n) is 6.70. The van der Waals surface area contributed by atoms with Crippen molar-refractivity contribution in [3.05, 3.63) is 52.3 Å². The second kappa shape index (κ2) is 9.33. The summed E-state index contributed by atoms with van der Waals surface area (Å²) < 4.78 is 10.1. The van der Waals surface area contributed by atoms with Gasteiger partial charge >= 0.3 is 5.97 Å². The Balaban J connectivity index is 1.53. The maximum Gasteiger partial charge on any atom is 0.311 e. The summed E-state index contributed by atoms with van der Waals surface area (Å²) in [7, 11) is 1.62. The number of hydrogen-bond acceptors (Lipinski definition) is 9. The molecule has 4 rings (SSSR count). The fraction of sp³-hybridized carbons (Fsp3) is 0.182. The van der Waals surface area contributed by atoms with Crippen LogP contribution in [-0.2, 0) is 16.0 Å². The Bertz CT molecular complexity index is 1280. The number of nitrogens with one attached hydrogen (secondary N) is 1. The summed E-state index contributed by atoms with van der Waals surface area (Å²) in [6, 6.07) is 11.3. The fourth-order valence-electron chi connectivity index (χ4n) is 3.05. The molecule has 3 N–H and O–H groups in total.